The molecule has 1 heterocycles. The molecule has 0 atom stereocenters. The summed E-state index contributed by atoms with van der Waals surface area (Å²) < 4.78 is 4.99. The molecule has 0 spiro atoms. The van der Waals surface area contributed by atoms with Gasteiger partial charge in [0.05, 0.1) is 18.2 Å². The lowest BCUT2D eigenvalue weighted by atomic mass is 9.89. The Kier molecular flexibility index (Phi) is 2.96. The third kappa shape index (κ3) is 2.24. The van der Waals surface area contributed by atoms with Crippen molar-refractivity contribution in [3.63, 3.8) is 0 Å². The summed E-state index contributed by atoms with van der Waals surface area (Å²) in [4.78, 5) is 11.7. The highest BCUT2D eigenvalue weighted by atomic mass is 16.5. The van der Waals surface area contributed by atoms with Gasteiger partial charge < -0.3 is 14.9 Å². The molecule has 2 N–H and O–H groups in total. The summed E-state index contributed by atoms with van der Waals surface area (Å²) in [5, 5.41) is 15.8. The van der Waals surface area contributed by atoms with Crippen molar-refractivity contribution in [1.29, 1.82) is 0 Å². The largest absolute Gasteiger partial charge is 0.393 e. The average molecular weight is 224 g/mol. The maximum Gasteiger partial charge on any atom is 0.224 e. The first-order valence-electron chi connectivity index (χ1n) is 5.45. The van der Waals surface area contributed by atoms with E-state index in [1.807, 2.05) is 6.92 Å². The molecule has 5 nitrogen and oxygen atoms in total. The highest BCUT2D eigenvalue weighted by Crippen LogP contribution is 2.20. The predicted molar refractivity (Wildman–Crippen MR) is 56.9 cm³/mol. The second-order valence-corrected chi connectivity index (χ2v) is 4.37. The number of aliphatic hydroxyl groups excluding tert-OH is 1. The van der Waals surface area contributed by atoms with Gasteiger partial charge in [0.25, 0.3) is 0 Å². The van der Waals surface area contributed by atoms with E-state index in [2.05, 4.69) is 10.5 Å². The predicted octanol–water partition coefficient (Wildman–Crippen LogP) is 0.473. The second-order valence-electron chi connectivity index (χ2n) is 4.37. The Morgan fingerprint density at radius 3 is 2.75 bits per heavy atom. The molecular weight excluding hydrogens is 208 g/mol. The van der Waals surface area contributed by atoms with E-state index in [0.29, 0.717) is 25.0 Å². The molecule has 0 unspecified atom stereocenters. The molecule has 0 aliphatic heterocycles. The zero-order valence-electron chi connectivity index (χ0n) is 9.49. The van der Waals surface area contributed by atoms with Gasteiger partial charge in [0, 0.05) is 11.6 Å². The average Bonchev–Trinajstić information content (AvgIpc) is 2.47. The van der Waals surface area contributed by atoms with E-state index in [-0.39, 0.29) is 18.1 Å². The van der Waals surface area contributed by atoms with Gasteiger partial charge in [-0.05, 0) is 26.7 Å². The maximum atomic E-state index is 11.7. The van der Waals surface area contributed by atoms with Crippen molar-refractivity contribution < 1.29 is 14.4 Å². The van der Waals surface area contributed by atoms with E-state index in [1.54, 1.807) is 6.92 Å². The van der Waals surface area contributed by atoms with Crippen LogP contribution in [0.4, 0.5) is 0 Å². The second kappa shape index (κ2) is 4.25. The van der Waals surface area contributed by atoms with Crippen molar-refractivity contribution in [1.82, 2.24) is 10.5 Å². The topological polar surface area (TPSA) is 75.4 Å². The number of nitrogens with zero attached hydrogens (tertiary/aromatic N) is 1. The number of carbonyl (C=O) groups excluding carboxylic acids is 1. The molecular formula is C11H16N2O3. The monoisotopic (exact) mass is 224 g/mol. The van der Waals surface area contributed by atoms with Crippen LogP contribution in [0.3, 0.4) is 0 Å². The van der Waals surface area contributed by atoms with Gasteiger partial charge in [-0.2, -0.15) is 0 Å². The van der Waals surface area contributed by atoms with Crippen LogP contribution in [0.2, 0.25) is 0 Å². The SMILES string of the molecule is Cc1noc(C)c1CC(=O)NC1CC(O)C1. The van der Waals surface area contributed by atoms with E-state index in [9.17, 15) is 4.79 Å². The first-order chi connectivity index (χ1) is 7.56. The summed E-state index contributed by atoms with van der Waals surface area (Å²) in [6.07, 6.45) is 1.37. The fourth-order valence-corrected chi connectivity index (χ4v) is 1.90. The van der Waals surface area contributed by atoms with Gasteiger partial charge in [0.2, 0.25) is 5.91 Å². The highest BCUT2D eigenvalue weighted by Gasteiger charge is 2.28. The summed E-state index contributed by atoms with van der Waals surface area (Å²) in [5.74, 6) is 0.660. The van der Waals surface area contributed by atoms with E-state index < -0.39 is 0 Å². The van der Waals surface area contributed by atoms with E-state index in [4.69, 9.17) is 9.63 Å². The number of nitrogens with one attached hydrogen (secondary N) is 1. The fraction of sp³-hybridized carbons (Fsp3) is 0.636. The van der Waals surface area contributed by atoms with Crippen LogP contribution in [0.15, 0.2) is 4.52 Å². The highest BCUT2D eigenvalue weighted by molar-refractivity contribution is 5.79. The van der Waals surface area contributed by atoms with Crippen molar-refractivity contribution in [2.24, 2.45) is 0 Å². The molecule has 5 heteroatoms. The fourth-order valence-electron chi connectivity index (χ4n) is 1.90. The normalized spacial score (nSPS) is 23.9. The summed E-state index contributed by atoms with van der Waals surface area (Å²) in [6.45, 7) is 3.63. The van der Waals surface area contributed by atoms with Crippen molar-refractivity contribution in [3.05, 3.63) is 17.0 Å². The minimum Gasteiger partial charge on any atom is -0.393 e. The zero-order valence-corrected chi connectivity index (χ0v) is 9.49. The van der Waals surface area contributed by atoms with Gasteiger partial charge in [-0.15, -0.1) is 0 Å². The molecule has 2 rings (SSSR count). The van der Waals surface area contributed by atoms with Crippen molar-refractivity contribution in [2.75, 3.05) is 0 Å². The molecule has 1 aromatic rings. The van der Waals surface area contributed by atoms with E-state index in [1.165, 1.54) is 0 Å². The van der Waals surface area contributed by atoms with Crippen LogP contribution in [0.25, 0.3) is 0 Å². The lowest BCUT2D eigenvalue weighted by Gasteiger charge is -2.31. The Morgan fingerprint density at radius 1 is 1.56 bits per heavy atom. The molecule has 1 aliphatic carbocycles. The minimum atomic E-state index is -0.246. The quantitative estimate of drug-likeness (QED) is 0.782. The molecule has 0 radical (unpaired) electrons. The first kappa shape index (κ1) is 11.1. The van der Waals surface area contributed by atoms with Gasteiger partial charge in [0.1, 0.15) is 5.76 Å². The van der Waals surface area contributed by atoms with Gasteiger partial charge in [-0.3, -0.25) is 4.79 Å². The number of hydrogen-bond acceptors (Lipinski definition) is 4. The van der Waals surface area contributed by atoms with Crippen LogP contribution >= 0.6 is 0 Å². The van der Waals surface area contributed by atoms with Gasteiger partial charge in [-0.25, -0.2) is 0 Å². The first-order valence-corrected chi connectivity index (χ1v) is 5.45. The molecule has 16 heavy (non-hydrogen) atoms. The number of carbonyl (C=O) groups is 1. The Labute approximate surface area is 93.8 Å². The number of aliphatic hydroxyl groups is 1. The molecule has 1 aliphatic rings. The van der Waals surface area contributed by atoms with Gasteiger partial charge in [-0.1, -0.05) is 5.16 Å². The van der Waals surface area contributed by atoms with Crippen molar-refractivity contribution >= 4 is 5.91 Å². The van der Waals surface area contributed by atoms with E-state index >= 15 is 0 Å². The molecule has 1 saturated carbocycles. The summed E-state index contributed by atoms with van der Waals surface area (Å²) in [5.41, 5.74) is 1.62. The number of aromatic nitrogens is 1. The maximum absolute atomic E-state index is 11.7. The van der Waals surface area contributed by atoms with Gasteiger partial charge in [0.15, 0.2) is 0 Å². The van der Waals surface area contributed by atoms with Crippen LogP contribution in [-0.2, 0) is 11.2 Å². The molecule has 1 amide bonds. The van der Waals surface area contributed by atoms with Crippen LogP contribution in [0.1, 0.15) is 29.9 Å². The third-order valence-electron chi connectivity index (χ3n) is 3.00. The molecule has 0 bridgehead atoms. The van der Waals surface area contributed by atoms with Gasteiger partial charge >= 0.3 is 0 Å². The minimum absolute atomic E-state index is 0.0358. The van der Waals surface area contributed by atoms with E-state index in [0.717, 1.165) is 11.3 Å². The standard InChI is InChI=1S/C11H16N2O3/c1-6-10(7(2)16-13-6)5-11(15)12-8-3-9(14)4-8/h8-9,14H,3-5H2,1-2H3,(H,12,15). The third-order valence-corrected chi connectivity index (χ3v) is 3.00. The van der Waals surface area contributed by atoms with Crippen LogP contribution < -0.4 is 5.32 Å². The van der Waals surface area contributed by atoms with Crippen molar-refractivity contribution in [2.45, 2.75) is 45.3 Å². The number of aryl methyl sites for hydroxylation is 2. The van der Waals surface area contributed by atoms with Crippen LogP contribution in [0.5, 0.6) is 0 Å². The summed E-state index contributed by atoms with van der Waals surface area (Å²) >= 11 is 0. The number of amides is 1. The molecule has 1 aromatic heterocycles. The molecule has 0 aromatic carbocycles. The van der Waals surface area contributed by atoms with Crippen molar-refractivity contribution in [3.8, 4) is 0 Å². The number of hydrogen-bond donors (Lipinski definition) is 2. The number of rotatable bonds is 3. The molecule has 88 valence electrons. The smallest absolute Gasteiger partial charge is 0.224 e. The summed E-state index contributed by atoms with van der Waals surface area (Å²) in [6, 6.07) is 0.128. The molecule has 1 fully saturated rings. The van der Waals surface area contributed by atoms with Crippen LogP contribution in [-0.4, -0.2) is 28.3 Å². The Hall–Kier alpha value is -1.36. The molecule has 0 saturated heterocycles. The van der Waals surface area contributed by atoms with Crippen LogP contribution in [0, 0.1) is 13.8 Å². The Bertz CT molecular complexity index is 374. The summed E-state index contributed by atoms with van der Waals surface area (Å²) in [7, 11) is 0. The lowest BCUT2D eigenvalue weighted by Crippen LogP contribution is -2.47. The zero-order chi connectivity index (χ0) is 11.7. The Morgan fingerprint density at radius 2 is 2.25 bits per heavy atom. The lowest BCUT2D eigenvalue weighted by molar-refractivity contribution is -0.122. The Balaban J connectivity index is 1.88.